The van der Waals surface area contributed by atoms with Crippen LogP contribution in [0.5, 0.6) is 0 Å². The first kappa shape index (κ1) is 15.8. The topological polar surface area (TPSA) is 60.2 Å². The van der Waals surface area contributed by atoms with Crippen molar-refractivity contribution in [2.24, 2.45) is 0 Å². The second kappa shape index (κ2) is 5.97. The van der Waals surface area contributed by atoms with Gasteiger partial charge in [0, 0.05) is 13.3 Å². The second-order valence-electron chi connectivity index (χ2n) is 6.74. The third-order valence-electron chi connectivity index (χ3n) is 4.73. The van der Waals surface area contributed by atoms with Crippen LogP contribution in [0.25, 0.3) is 11.2 Å². The van der Waals surface area contributed by atoms with E-state index in [9.17, 15) is 4.79 Å². The van der Waals surface area contributed by atoms with E-state index in [1.165, 1.54) is 5.56 Å². The molecular formula is C19H20N4O2. The summed E-state index contributed by atoms with van der Waals surface area (Å²) in [6.45, 7) is 3.91. The van der Waals surface area contributed by atoms with Crippen molar-refractivity contribution in [2.75, 3.05) is 20.2 Å². The van der Waals surface area contributed by atoms with Crippen LogP contribution in [0, 0.1) is 0 Å². The predicted molar refractivity (Wildman–Crippen MR) is 94.4 cm³/mol. The number of ether oxygens (including phenoxy) is 1. The molecule has 25 heavy (non-hydrogen) atoms. The summed E-state index contributed by atoms with van der Waals surface area (Å²) in [5.74, 6) is -0.0264. The third kappa shape index (κ3) is 2.89. The molecule has 4 rings (SSSR count). The molecule has 0 atom stereocenters. The molecular weight excluding hydrogens is 316 g/mol. The number of rotatable bonds is 4. The van der Waals surface area contributed by atoms with Crippen molar-refractivity contribution >= 4 is 17.1 Å². The molecule has 128 valence electrons. The summed E-state index contributed by atoms with van der Waals surface area (Å²) < 4.78 is 7.39. The van der Waals surface area contributed by atoms with Crippen molar-refractivity contribution in [1.29, 1.82) is 0 Å². The van der Waals surface area contributed by atoms with Gasteiger partial charge in [-0.1, -0.05) is 30.3 Å². The molecule has 1 amide bonds. The predicted octanol–water partition coefficient (Wildman–Crippen LogP) is 2.34. The van der Waals surface area contributed by atoms with Gasteiger partial charge in [-0.2, -0.15) is 0 Å². The highest BCUT2D eigenvalue weighted by molar-refractivity contribution is 5.97. The molecule has 1 fully saturated rings. The smallest absolute Gasteiger partial charge is 0.255 e. The Kier molecular flexibility index (Phi) is 3.77. The van der Waals surface area contributed by atoms with Crippen LogP contribution in [0.1, 0.15) is 22.8 Å². The van der Waals surface area contributed by atoms with Crippen molar-refractivity contribution in [2.45, 2.75) is 19.1 Å². The quantitative estimate of drug-likeness (QED) is 0.734. The lowest BCUT2D eigenvalue weighted by Gasteiger charge is -2.46. The zero-order valence-electron chi connectivity index (χ0n) is 14.3. The van der Waals surface area contributed by atoms with Gasteiger partial charge in [0.25, 0.3) is 5.91 Å². The van der Waals surface area contributed by atoms with Crippen molar-refractivity contribution in [3.05, 3.63) is 60.0 Å². The minimum Gasteiger partial charge on any atom is -0.375 e. The van der Waals surface area contributed by atoms with Crippen LogP contribution in [-0.4, -0.2) is 51.1 Å². The Morgan fingerprint density at radius 2 is 2.00 bits per heavy atom. The van der Waals surface area contributed by atoms with Crippen LogP contribution in [0.3, 0.4) is 0 Å². The summed E-state index contributed by atoms with van der Waals surface area (Å²) >= 11 is 0. The molecule has 0 bridgehead atoms. The molecule has 0 saturated carbocycles. The van der Waals surface area contributed by atoms with Crippen LogP contribution in [-0.2, 0) is 11.3 Å². The van der Waals surface area contributed by atoms with Crippen LogP contribution in [0.2, 0.25) is 0 Å². The SMILES string of the molecule is COC1(C)CN(C(=O)c2cnc3c(c2)ncn3Cc2ccccc2)C1. The van der Waals surface area contributed by atoms with Gasteiger partial charge >= 0.3 is 0 Å². The number of carbonyl (C=O) groups excluding carboxylic acids is 1. The highest BCUT2D eigenvalue weighted by Gasteiger charge is 2.41. The number of fused-ring (bicyclic) bond motifs is 1. The minimum atomic E-state index is -0.232. The first-order valence-electron chi connectivity index (χ1n) is 8.27. The van der Waals surface area contributed by atoms with Crippen LogP contribution in [0.4, 0.5) is 0 Å². The minimum absolute atomic E-state index is 0.0264. The fraction of sp³-hybridized carbons (Fsp3) is 0.316. The Hall–Kier alpha value is -2.73. The van der Waals surface area contributed by atoms with Gasteiger partial charge in [-0.15, -0.1) is 0 Å². The molecule has 6 nitrogen and oxygen atoms in total. The Balaban J connectivity index is 1.55. The molecule has 0 spiro atoms. The molecule has 2 aromatic heterocycles. The van der Waals surface area contributed by atoms with Crippen LogP contribution >= 0.6 is 0 Å². The molecule has 1 aromatic carbocycles. The number of amides is 1. The Bertz CT molecular complexity index is 914. The molecule has 0 unspecified atom stereocenters. The molecule has 0 aliphatic carbocycles. The van der Waals surface area contributed by atoms with E-state index in [0.717, 1.165) is 11.2 Å². The number of hydrogen-bond donors (Lipinski definition) is 0. The fourth-order valence-electron chi connectivity index (χ4n) is 3.18. The van der Waals surface area contributed by atoms with E-state index < -0.39 is 0 Å². The van der Waals surface area contributed by atoms with E-state index in [-0.39, 0.29) is 11.5 Å². The molecule has 6 heteroatoms. The van der Waals surface area contributed by atoms with Gasteiger partial charge in [0.05, 0.1) is 31.5 Å². The summed E-state index contributed by atoms with van der Waals surface area (Å²) in [6.07, 6.45) is 3.40. The van der Waals surface area contributed by atoms with Crippen molar-refractivity contribution in [3.63, 3.8) is 0 Å². The number of carbonyl (C=O) groups is 1. The number of pyridine rings is 1. The molecule has 3 aromatic rings. The van der Waals surface area contributed by atoms with E-state index in [0.29, 0.717) is 25.2 Å². The highest BCUT2D eigenvalue weighted by atomic mass is 16.5. The van der Waals surface area contributed by atoms with Crippen LogP contribution < -0.4 is 0 Å². The van der Waals surface area contributed by atoms with Gasteiger partial charge in [0.2, 0.25) is 0 Å². The standard InChI is InChI=1S/C19H20N4O2/c1-19(25-2)11-23(12-19)18(24)15-8-16-17(20-9-15)22(13-21-16)10-14-6-4-3-5-7-14/h3-9,13H,10-12H2,1-2H3. The lowest BCUT2D eigenvalue weighted by atomic mass is 9.95. The number of benzene rings is 1. The van der Waals surface area contributed by atoms with Crippen molar-refractivity contribution in [3.8, 4) is 0 Å². The maximum atomic E-state index is 12.6. The summed E-state index contributed by atoms with van der Waals surface area (Å²) in [5, 5.41) is 0. The van der Waals surface area contributed by atoms with Crippen molar-refractivity contribution in [1.82, 2.24) is 19.4 Å². The lowest BCUT2D eigenvalue weighted by Crippen LogP contribution is -2.62. The average molecular weight is 336 g/mol. The maximum Gasteiger partial charge on any atom is 0.255 e. The lowest BCUT2D eigenvalue weighted by molar-refractivity contribution is -0.0947. The first-order chi connectivity index (χ1) is 12.1. The average Bonchev–Trinajstić information content (AvgIpc) is 3.01. The molecule has 0 radical (unpaired) electrons. The fourth-order valence-corrected chi connectivity index (χ4v) is 3.18. The molecule has 0 N–H and O–H groups in total. The molecule has 3 heterocycles. The summed E-state index contributed by atoms with van der Waals surface area (Å²) in [7, 11) is 1.68. The zero-order valence-corrected chi connectivity index (χ0v) is 14.3. The normalized spacial score (nSPS) is 16.0. The zero-order chi connectivity index (χ0) is 17.4. The van der Waals surface area contributed by atoms with Gasteiger partial charge in [-0.3, -0.25) is 4.79 Å². The van der Waals surface area contributed by atoms with Gasteiger partial charge in [0.15, 0.2) is 5.65 Å². The van der Waals surface area contributed by atoms with Crippen molar-refractivity contribution < 1.29 is 9.53 Å². The van der Waals surface area contributed by atoms with E-state index in [4.69, 9.17) is 4.74 Å². The maximum absolute atomic E-state index is 12.6. The number of imidazole rings is 1. The van der Waals surface area contributed by atoms with Gasteiger partial charge in [-0.25, -0.2) is 9.97 Å². The highest BCUT2D eigenvalue weighted by Crippen LogP contribution is 2.26. The Labute approximate surface area is 146 Å². The number of methoxy groups -OCH3 is 1. The summed E-state index contributed by atoms with van der Waals surface area (Å²) in [4.78, 5) is 23.2. The monoisotopic (exact) mass is 336 g/mol. The second-order valence-corrected chi connectivity index (χ2v) is 6.74. The first-order valence-corrected chi connectivity index (χ1v) is 8.27. The number of hydrogen-bond acceptors (Lipinski definition) is 4. The van der Waals surface area contributed by atoms with Gasteiger partial charge < -0.3 is 14.2 Å². The number of nitrogens with zero attached hydrogens (tertiary/aromatic N) is 4. The van der Waals surface area contributed by atoms with Crippen LogP contribution in [0.15, 0.2) is 48.9 Å². The van der Waals surface area contributed by atoms with E-state index >= 15 is 0 Å². The largest absolute Gasteiger partial charge is 0.375 e. The van der Waals surface area contributed by atoms with E-state index in [1.807, 2.05) is 35.8 Å². The van der Waals surface area contributed by atoms with Gasteiger partial charge in [-0.05, 0) is 18.6 Å². The molecule has 1 aliphatic rings. The number of likely N-dealkylation sites (tertiary alicyclic amines) is 1. The number of aromatic nitrogens is 3. The summed E-state index contributed by atoms with van der Waals surface area (Å²) in [5.41, 5.74) is 3.03. The summed E-state index contributed by atoms with van der Waals surface area (Å²) in [6, 6.07) is 12.0. The van der Waals surface area contributed by atoms with E-state index in [2.05, 4.69) is 22.1 Å². The Morgan fingerprint density at radius 3 is 2.72 bits per heavy atom. The third-order valence-corrected chi connectivity index (χ3v) is 4.73. The Morgan fingerprint density at radius 1 is 1.24 bits per heavy atom. The molecule has 1 saturated heterocycles. The van der Waals surface area contributed by atoms with Gasteiger partial charge in [0.1, 0.15) is 11.1 Å². The molecule has 1 aliphatic heterocycles. The van der Waals surface area contributed by atoms with E-state index in [1.54, 1.807) is 24.5 Å².